The highest BCUT2D eigenvalue weighted by molar-refractivity contribution is 5.71. The van der Waals surface area contributed by atoms with Crippen LogP contribution >= 0.6 is 0 Å². The molecular formula is C28H38N6. The van der Waals surface area contributed by atoms with Gasteiger partial charge in [-0.15, -0.1) is 0 Å². The molecule has 34 heavy (non-hydrogen) atoms. The number of nitrogens with zero attached hydrogens (tertiary/aromatic N) is 2. The van der Waals surface area contributed by atoms with Gasteiger partial charge in [0.05, 0.1) is 36.4 Å². The molecule has 4 aromatic rings. The van der Waals surface area contributed by atoms with E-state index in [1.165, 1.54) is 0 Å². The van der Waals surface area contributed by atoms with Crippen molar-refractivity contribution in [2.75, 3.05) is 0 Å². The zero-order chi connectivity index (χ0) is 24.9. The Kier molecular flexibility index (Phi) is 8.07. The van der Waals surface area contributed by atoms with Crippen LogP contribution in [0.1, 0.15) is 59.2 Å². The first kappa shape index (κ1) is 25.4. The average molecular weight is 459 g/mol. The Morgan fingerprint density at radius 2 is 1.15 bits per heavy atom. The first-order valence-electron chi connectivity index (χ1n) is 11.8. The number of nitrogens with one attached hydrogen (secondary N) is 2. The van der Waals surface area contributed by atoms with E-state index in [0.717, 1.165) is 51.2 Å². The van der Waals surface area contributed by atoms with Crippen LogP contribution < -0.4 is 11.5 Å². The third-order valence-electron chi connectivity index (χ3n) is 5.37. The van der Waals surface area contributed by atoms with E-state index < -0.39 is 0 Å². The van der Waals surface area contributed by atoms with Crippen LogP contribution in [0.15, 0.2) is 60.9 Å². The molecule has 2 aromatic carbocycles. The Labute approximate surface area is 203 Å². The van der Waals surface area contributed by atoms with Gasteiger partial charge in [-0.3, -0.25) is 0 Å². The van der Waals surface area contributed by atoms with E-state index in [0.29, 0.717) is 6.54 Å². The molecule has 0 amide bonds. The molecule has 2 heterocycles. The van der Waals surface area contributed by atoms with Crippen molar-refractivity contribution in [3.63, 3.8) is 0 Å². The van der Waals surface area contributed by atoms with Crippen molar-refractivity contribution in [1.29, 1.82) is 0 Å². The quantitative estimate of drug-likeness (QED) is 0.281. The van der Waals surface area contributed by atoms with Gasteiger partial charge in [0.25, 0.3) is 0 Å². The van der Waals surface area contributed by atoms with E-state index in [9.17, 15) is 0 Å². The van der Waals surface area contributed by atoms with Gasteiger partial charge in [0.15, 0.2) is 0 Å². The summed E-state index contributed by atoms with van der Waals surface area (Å²) < 4.78 is 0. The van der Waals surface area contributed by atoms with Crippen molar-refractivity contribution in [2.24, 2.45) is 22.8 Å². The maximum Gasteiger partial charge on any atom is 0.124 e. The molecule has 6 N–H and O–H groups in total. The number of nitrogens with two attached hydrogens (primary N) is 2. The average Bonchev–Trinajstić information content (AvgIpc) is 3.48. The fourth-order valence-corrected chi connectivity index (χ4v) is 3.35. The molecule has 1 atom stereocenters. The van der Waals surface area contributed by atoms with Crippen molar-refractivity contribution < 1.29 is 0 Å². The Morgan fingerprint density at radius 3 is 1.56 bits per heavy atom. The van der Waals surface area contributed by atoms with Crippen molar-refractivity contribution >= 4 is 0 Å². The molecule has 2 aromatic heterocycles. The summed E-state index contributed by atoms with van der Waals surface area (Å²) in [7, 11) is 0. The third kappa shape index (κ3) is 6.43. The van der Waals surface area contributed by atoms with Crippen molar-refractivity contribution in [2.45, 2.75) is 54.1 Å². The first-order valence-corrected chi connectivity index (χ1v) is 11.8. The summed E-state index contributed by atoms with van der Waals surface area (Å²) in [6.07, 6.45) is 3.67. The van der Waals surface area contributed by atoms with Gasteiger partial charge in [-0.2, -0.15) is 0 Å². The maximum atomic E-state index is 6.32. The van der Waals surface area contributed by atoms with Gasteiger partial charge in [-0.1, -0.05) is 90.1 Å². The molecule has 0 saturated heterocycles. The third-order valence-corrected chi connectivity index (χ3v) is 5.37. The number of hydrogen-bond donors (Lipinski definition) is 4. The Morgan fingerprint density at radius 1 is 0.735 bits per heavy atom. The van der Waals surface area contributed by atoms with Crippen LogP contribution in [-0.2, 0) is 6.54 Å². The van der Waals surface area contributed by atoms with Crippen LogP contribution in [0.25, 0.3) is 33.6 Å². The SMILES string of the molecule is CC(C)(C)C(N)c1ncc(-c2ccc(-c3ccc(-c4cnc(CN)[nH]4)cc3)cc2)[nH]1.CC(C)C. The minimum atomic E-state index is -0.139. The molecule has 0 spiro atoms. The minimum absolute atomic E-state index is 0.0484. The predicted molar refractivity (Wildman–Crippen MR) is 142 cm³/mol. The maximum absolute atomic E-state index is 6.32. The molecular weight excluding hydrogens is 420 g/mol. The number of H-pyrrole nitrogens is 2. The lowest BCUT2D eigenvalue weighted by Gasteiger charge is -2.24. The van der Waals surface area contributed by atoms with Gasteiger partial charge in [0.2, 0.25) is 0 Å². The number of rotatable bonds is 5. The number of aromatic nitrogens is 4. The zero-order valence-electron chi connectivity index (χ0n) is 21.2. The lowest BCUT2D eigenvalue weighted by Crippen LogP contribution is -2.27. The second kappa shape index (κ2) is 10.8. The normalized spacial score (nSPS) is 12.4. The van der Waals surface area contributed by atoms with Crippen molar-refractivity contribution in [1.82, 2.24) is 19.9 Å². The van der Waals surface area contributed by atoms with Crippen molar-refractivity contribution in [3.05, 3.63) is 72.6 Å². The fourth-order valence-electron chi connectivity index (χ4n) is 3.35. The summed E-state index contributed by atoms with van der Waals surface area (Å²) in [4.78, 5) is 15.4. The van der Waals surface area contributed by atoms with E-state index in [4.69, 9.17) is 11.5 Å². The summed E-state index contributed by atoms with van der Waals surface area (Å²) in [5, 5.41) is 0. The molecule has 0 aliphatic heterocycles. The second-order valence-electron chi connectivity index (χ2n) is 10.4. The summed E-state index contributed by atoms with van der Waals surface area (Å²) in [5.41, 5.74) is 18.3. The van der Waals surface area contributed by atoms with Crippen LogP contribution in [0.2, 0.25) is 0 Å². The molecule has 4 rings (SSSR count). The standard InChI is InChI=1S/C24H28N6.C4H10/c1-24(2,3)22(26)23-28-14-20(30-23)18-10-6-16(7-11-18)15-4-8-17(9-5-15)19-13-27-21(12-25)29-19;1-4(2)3/h4-11,13-14,22H,12,25-26H2,1-3H3,(H,27,29)(H,28,30);4H,1-3H3. The van der Waals surface area contributed by atoms with Gasteiger partial charge >= 0.3 is 0 Å². The molecule has 0 aliphatic carbocycles. The lowest BCUT2D eigenvalue weighted by molar-refractivity contribution is 0.317. The van der Waals surface area contributed by atoms with Crippen LogP contribution in [-0.4, -0.2) is 19.9 Å². The van der Waals surface area contributed by atoms with Gasteiger partial charge in [-0.25, -0.2) is 9.97 Å². The van der Waals surface area contributed by atoms with E-state index >= 15 is 0 Å². The van der Waals surface area contributed by atoms with Gasteiger partial charge < -0.3 is 21.4 Å². The van der Waals surface area contributed by atoms with Gasteiger partial charge in [-0.05, 0) is 33.6 Å². The van der Waals surface area contributed by atoms with Crippen LogP contribution in [0.3, 0.4) is 0 Å². The fraction of sp³-hybridized carbons (Fsp3) is 0.357. The number of hydrogen-bond acceptors (Lipinski definition) is 4. The Balaban J connectivity index is 0.000000751. The molecule has 0 aliphatic rings. The van der Waals surface area contributed by atoms with E-state index in [1.54, 1.807) is 0 Å². The summed E-state index contributed by atoms with van der Waals surface area (Å²) in [6, 6.07) is 16.7. The Hall–Kier alpha value is -3.22. The molecule has 0 bridgehead atoms. The highest BCUT2D eigenvalue weighted by Crippen LogP contribution is 2.31. The lowest BCUT2D eigenvalue weighted by atomic mass is 9.87. The first-order chi connectivity index (χ1) is 16.1. The molecule has 6 nitrogen and oxygen atoms in total. The summed E-state index contributed by atoms with van der Waals surface area (Å²) >= 11 is 0. The smallest absolute Gasteiger partial charge is 0.124 e. The number of benzene rings is 2. The summed E-state index contributed by atoms with van der Waals surface area (Å²) in [5.74, 6) is 2.43. The van der Waals surface area contributed by atoms with Crippen LogP contribution in [0.5, 0.6) is 0 Å². The van der Waals surface area contributed by atoms with Crippen molar-refractivity contribution in [3.8, 4) is 33.6 Å². The molecule has 0 saturated carbocycles. The topological polar surface area (TPSA) is 109 Å². The molecule has 180 valence electrons. The zero-order valence-corrected chi connectivity index (χ0v) is 21.2. The minimum Gasteiger partial charge on any atom is -0.341 e. The molecule has 1 unspecified atom stereocenters. The molecule has 0 radical (unpaired) electrons. The monoisotopic (exact) mass is 458 g/mol. The van der Waals surface area contributed by atoms with E-state index in [1.807, 2.05) is 12.4 Å². The summed E-state index contributed by atoms with van der Waals surface area (Å²) in [6.45, 7) is 13.3. The van der Waals surface area contributed by atoms with Crippen LogP contribution in [0.4, 0.5) is 0 Å². The number of aromatic amines is 2. The second-order valence-corrected chi connectivity index (χ2v) is 10.4. The van der Waals surface area contributed by atoms with Gasteiger partial charge in [0, 0.05) is 0 Å². The highest BCUT2D eigenvalue weighted by atomic mass is 15.0. The highest BCUT2D eigenvalue weighted by Gasteiger charge is 2.24. The molecule has 0 fully saturated rings. The Bertz CT molecular complexity index is 1160. The largest absolute Gasteiger partial charge is 0.341 e. The van der Waals surface area contributed by atoms with E-state index in [-0.39, 0.29) is 11.5 Å². The molecule has 6 heteroatoms. The van der Waals surface area contributed by atoms with Gasteiger partial charge in [0.1, 0.15) is 11.6 Å². The van der Waals surface area contributed by atoms with E-state index in [2.05, 4.69) is 110 Å². The number of imidazole rings is 2. The predicted octanol–water partition coefficient (Wildman–Crippen LogP) is 6.30. The van der Waals surface area contributed by atoms with Crippen LogP contribution in [0, 0.1) is 11.3 Å².